The Morgan fingerprint density at radius 3 is 1.96 bits per heavy atom. The van der Waals surface area contributed by atoms with E-state index in [1.807, 2.05) is 72.8 Å². The highest BCUT2D eigenvalue weighted by Gasteiger charge is 2.22. The van der Waals surface area contributed by atoms with Crippen molar-refractivity contribution in [2.45, 2.75) is 19.4 Å². The molecule has 0 N–H and O–H groups in total. The zero-order valence-electron chi connectivity index (χ0n) is 15.2. The number of para-hydroxylation sites is 1. The molecule has 0 heterocycles. The second kappa shape index (κ2) is 9.43. The summed E-state index contributed by atoms with van der Waals surface area (Å²) in [7, 11) is 0. The minimum Gasteiger partial charge on any atom is -0.478 e. The van der Waals surface area contributed by atoms with Gasteiger partial charge in [-0.15, -0.1) is 0 Å². The van der Waals surface area contributed by atoms with Crippen molar-refractivity contribution in [2.75, 3.05) is 6.61 Å². The zero-order valence-corrected chi connectivity index (χ0v) is 15.2. The van der Waals surface area contributed by atoms with Crippen molar-refractivity contribution < 1.29 is 19.0 Å². The number of esters is 1. The number of carbonyl (C=O) groups excluding carboxylic acids is 1. The summed E-state index contributed by atoms with van der Waals surface area (Å²) >= 11 is 0. The van der Waals surface area contributed by atoms with E-state index >= 15 is 0 Å². The molecule has 0 amide bonds. The molecule has 27 heavy (non-hydrogen) atoms. The van der Waals surface area contributed by atoms with Gasteiger partial charge in [-0.1, -0.05) is 48.5 Å². The maximum Gasteiger partial charge on any atom is 0.347 e. The number of ether oxygens (including phenoxy) is 3. The average molecular weight is 362 g/mol. The zero-order chi connectivity index (χ0) is 18.9. The molecule has 0 fully saturated rings. The first kappa shape index (κ1) is 18.5. The predicted molar refractivity (Wildman–Crippen MR) is 104 cm³/mol. The quantitative estimate of drug-likeness (QED) is 0.527. The molecular formula is C23H22O4. The lowest BCUT2D eigenvalue weighted by Gasteiger charge is -2.18. The molecule has 3 aromatic rings. The van der Waals surface area contributed by atoms with Gasteiger partial charge in [0, 0.05) is 6.42 Å². The summed E-state index contributed by atoms with van der Waals surface area (Å²) in [5.74, 6) is 1.68. The van der Waals surface area contributed by atoms with E-state index in [4.69, 9.17) is 14.2 Å². The molecule has 0 saturated carbocycles. The SMILES string of the molecule is CCOC(=O)C(Cc1ccccc1)Oc1ccc(Oc2ccccc2)cc1. The van der Waals surface area contributed by atoms with Gasteiger partial charge in [0.05, 0.1) is 6.61 Å². The van der Waals surface area contributed by atoms with Crippen LogP contribution in [0.1, 0.15) is 12.5 Å². The van der Waals surface area contributed by atoms with E-state index in [1.54, 1.807) is 19.1 Å². The Morgan fingerprint density at radius 2 is 1.33 bits per heavy atom. The Morgan fingerprint density at radius 1 is 0.778 bits per heavy atom. The Balaban J connectivity index is 1.68. The van der Waals surface area contributed by atoms with E-state index in [2.05, 4.69) is 0 Å². The van der Waals surface area contributed by atoms with Crippen molar-refractivity contribution in [1.82, 2.24) is 0 Å². The lowest BCUT2D eigenvalue weighted by molar-refractivity contribution is -0.151. The van der Waals surface area contributed by atoms with Gasteiger partial charge in [-0.3, -0.25) is 0 Å². The highest BCUT2D eigenvalue weighted by atomic mass is 16.6. The van der Waals surface area contributed by atoms with Crippen molar-refractivity contribution in [2.24, 2.45) is 0 Å². The lowest BCUT2D eigenvalue weighted by Crippen LogP contribution is -2.31. The fourth-order valence-corrected chi connectivity index (χ4v) is 2.61. The summed E-state index contributed by atoms with van der Waals surface area (Å²) in [5, 5.41) is 0. The average Bonchev–Trinajstić information content (AvgIpc) is 2.71. The van der Waals surface area contributed by atoms with Gasteiger partial charge in [0.1, 0.15) is 17.2 Å². The van der Waals surface area contributed by atoms with Crippen LogP contribution in [0, 0.1) is 0 Å². The molecule has 0 spiro atoms. The summed E-state index contributed by atoms with van der Waals surface area (Å²) in [4.78, 5) is 12.3. The van der Waals surface area contributed by atoms with E-state index in [0.29, 0.717) is 24.5 Å². The Kier molecular flexibility index (Phi) is 6.47. The van der Waals surface area contributed by atoms with Gasteiger partial charge in [-0.2, -0.15) is 0 Å². The second-order valence-electron chi connectivity index (χ2n) is 5.93. The maximum atomic E-state index is 12.3. The fraction of sp³-hybridized carbons (Fsp3) is 0.174. The predicted octanol–water partition coefficient (Wildman–Crippen LogP) is 5.03. The van der Waals surface area contributed by atoms with Gasteiger partial charge in [-0.25, -0.2) is 4.79 Å². The molecule has 0 aromatic heterocycles. The lowest BCUT2D eigenvalue weighted by atomic mass is 10.1. The largest absolute Gasteiger partial charge is 0.478 e. The van der Waals surface area contributed by atoms with E-state index < -0.39 is 6.10 Å². The molecule has 1 unspecified atom stereocenters. The van der Waals surface area contributed by atoms with Crippen LogP contribution in [0.25, 0.3) is 0 Å². The molecule has 0 aliphatic carbocycles. The van der Waals surface area contributed by atoms with Gasteiger partial charge in [0.2, 0.25) is 0 Å². The summed E-state index contributed by atoms with van der Waals surface area (Å²) in [5.41, 5.74) is 1.01. The maximum absolute atomic E-state index is 12.3. The molecule has 138 valence electrons. The van der Waals surface area contributed by atoms with Crippen molar-refractivity contribution in [3.8, 4) is 17.2 Å². The minimum atomic E-state index is -0.701. The Hall–Kier alpha value is -3.27. The van der Waals surface area contributed by atoms with E-state index in [1.165, 1.54) is 0 Å². The topological polar surface area (TPSA) is 44.8 Å². The van der Waals surface area contributed by atoms with Crippen LogP contribution in [0.2, 0.25) is 0 Å². The van der Waals surface area contributed by atoms with Gasteiger partial charge in [-0.05, 0) is 48.9 Å². The van der Waals surface area contributed by atoms with Crippen LogP contribution in [0.15, 0.2) is 84.9 Å². The van der Waals surface area contributed by atoms with E-state index in [9.17, 15) is 4.79 Å². The van der Waals surface area contributed by atoms with Crippen molar-refractivity contribution in [3.63, 3.8) is 0 Å². The number of hydrogen-bond donors (Lipinski definition) is 0. The molecular weight excluding hydrogens is 340 g/mol. The first-order valence-electron chi connectivity index (χ1n) is 8.95. The van der Waals surface area contributed by atoms with Crippen molar-refractivity contribution in [3.05, 3.63) is 90.5 Å². The summed E-state index contributed by atoms with van der Waals surface area (Å²) in [6, 6.07) is 26.5. The van der Waals surface area contributed by atoms with Crippen LogP contribution < -0.4 is 9.47 Å². The van der Waals surface area contributed by atoms with Gasteiger partial charge >= 0.3 is 5.97 Å². The molecule has 0 bridgehead atoms. The third-order valence-corrected chi connectivity index (χ3v) is 3.89. The molecule has 0 aliphatic heterocycles. The molecule has 0 radical (unpaired) electrons. The van der Waals surface area contributed by atoms with Crippen LogP contribution >= 0.6 is 0 Å². The molecule has 3 rings (SSSR count). The van der Waals surface area contributed by atoms with Crippen LogP contribution in [-0.4, -0.2) is 18.7 Å². The standard InChI is InChI=1S/C23H22O4/c1-2-25-23(24)22(17-18-9-5-3-6-10-18)27-21-15-13-20(14-16-21)26-19-11-7-4-8-12-19/h3-16,22H,2,17H2,1H3. The molecule has 1 atom stereocenters. The molecule has 0 aliphatic rings. The van der Waals surface area contributed by atoms with E-state index in [-0.39, 0.29) is 5.97 Å². The Labute approximate surface area is 159 Å². The second-order valence-corrected chi connectivity index (χ2v) is 5.93. The van der Waals surface area contributed by atoms with Crippen LogP contribution in [0.4, 0.5) is 0 Å². The number of carbonyl (C=O) groups is 1. The molecule has 0 saturated heterocycles. The van der Waals surface area contributed by atoms with E-state index in [0.717, 1.165) is 11.3 Å². The minimum absolute atomic E-state index is 0.317. The third kappa shape index (κ3) is 5.61. The van der Waals surface area contributed by atoms with Crippen LogP contribution in [0.5, 0.6) is 17.2 Å². The van der Waals surface area contributed by atoms with Crippen LogP contribution in [-0.2, 0) is 16.0 Å². The highest BCUT2D eigenvalue weighted by molar-refractivity contribution is 5.75. The Bertz CT molecular complexity index is 829. The van der Waals surface area contributed by atoms with Crippen LogP contribution in [0.3, 0.4) is 0 Å². The smallest absolute Gasteiger partial charge is 0.347 e. The van der Waals surface area contributed by atoms with Crippen molar-refractivity contribution >= 4 is 5.97 Å². The number of hydrogen-bond acceptors (Lipinski definition) is 4. The molecule has 4 heteroatoms. The summed E-state index contributed by atoms with van der Waals surface area (Å²) in [6.07, 6.45) is -0.254. The van der Waals surface area contributed by atoms with Crippen molar-refractivity contribution in [1.29, 1.82) is 0 Å². The molecule has 3 aromatic carbocycles. The number of rotatable bonds is 8. The molecule has 4 nitrogen and oxygen atoms in total. The normalized spacial score (nSPS) is 11.4. The first-order valence-corrected chi connectivity index (χ1v) is 8.95. The first-order chi connectivity index (χ1) is 13.2. The number of benzene rings is 3. The summed E-state index contributed by atoms with van der Waals surface area (Å²) < 4.78 is 16.8. The van der Waals surface area contributed by atoms with Gasteiger partial charge in [0.25, 0.3) is 0 Å². The highest BCUT2D eigenvalue weighted by Crippen LogP contribution is 2.24. The fourth-order valence-electron chi connectivity index (χ4n) is 2.61. The third-order valence-electron chi connectivity index (χ3n) is 3.89. The monoisotopic (exact) mass is 362 g/mol. The summed E-state index contributed by atoms with van der Waals surface area (Å²) in [6.45, 7) is 2.10. The van der Waals surface area contributed by atoms with Gasteiger partial charge < -0.3 is 14.2 Å². The van der Waals surface area contributed by atoms with Gasteiger partial charge in [0.15, 0.2) is 6.10 Å².